The van der Waals surface area contributed by atoms with Crippen LogP contribution in [0.3, 0.4) is 0 Å². The highest BCUT2D eigenvalue weighted by Crippen LogP contribution is 2.44. The van der Waals surface area contributed by atoms with Gasteiger partial charge in [0.05, 0.1) is 19.6 Å². The summed E-state index contributed by atoms with van der Waals surface area (Å²) in [6.07, 6.45) is 19.4. The van der Waals surface area contributed by atoms with Crippen LogP contribution in [0, 0.1) is 0 Å². The van der Waals surface area contributed by atoms with E-state index in [0.717, 1.165) is 49.8 Å². The van der Waals surface area contributed by atoms with E-state index < -0.39 is 44.7 Å². The first-order valence-electron chi connectivity index (χ1n) is 18.2. The molecule has 13 heteroatoms. The molecule has 0 saturated carbocycles. The molecule has 12 nitrogen and oxygen atoms in total. The molecule has 1 fully saturated rings. The van der Waals surface area contributed by atoms with Crippen molar-refractivity contribution in [2.45, 2.75) is 161 Å². The smallest absolute Gasteiger partial charge is 0.387 e. The van der Waals surface area contributed by atoms with Gasteiger partial charge in [-0.05, 0) is 25.3 Å². The number of hydrogen-bond donors (Lipinski definition) is 3. The summed E-state index contributed by atoms with van der Waals surface area (Å²) in [5.74, 6) is 0.207. The molecule has 2 heterocycles. The third-order valence-corrected chi connectivity index (χ3v) is 9.44. The highest BCUT2D eigenvalue weighted by atomic mass is 31.2. The van der Waals surface area contributed by atoms with E-state index in [-0.39, 0.29) is 12.4 Å². The Morgan fingerprint density at radius 1 is 0.851 bits per heavy atom. The van der Waals surface area contributed by atoms with Crippen LogP contribution in [0.1, 0.15) is 143 Å². The molecule has 1 aromatic rings. The van der Waals surface area contributed by atoms with Gasteiger partial charge < -0.3 is 24.7 Å². The minimum atomic E-state index is -4.39. The number of aromatic nitrogens is 2. The van der Waals surface area contributed by atoms with Crippen molar-refractivity contribution in [3.63, 3.8) is 0 Å². The Labute approximate surface area is 282 Å². The first-order chi connectivity index (χ1) is 22.7. The standard InChI is InChI=1S/C34H63N4O8P/c1-4-7-8-9-10-11-12-13-14-15-16-17-18-19-20-21-26-44-47(42,43)45-27-29-31(39)32(40)33(46-29)38-25-22-30(36-34(38)41)35-28-37(23-5-2)24-6-3/h22,25,28-29,31-33,39-40H,4-21,23-24,26-27H2,1-3H3,(H,42,43)/t29-,31+,32?,33-/m1/s1. The van der Waals surface area contributed by atoms with Crippen LogP contribution in [0.5, 0.6) is 0 Å². The van der Waals surface area contributed by atoms with Crippen LogP contribution in [-0.4, -0.2) is 80.5 Å². The highest BCUT2D eigenvalue weighted by molar-refractivity contribution is 7.47. The number of rotatable bonds is 28. The molecular weight excluding hydrogens is 623 g/mol. The second kappa shape index (κ2) is 24.5. The second-order valence-corrected chi connectivity index (χ2v) is 14.2. The van der Waals surface area contributed by atoms with E-state index >= 15 is 0 Å². The molecule has 1 aliphatic rings. The van der Waals surface area contributed by atoms with E-state index in [2.05, 4.69) is 30.7 Å². The molecule has 0 amide bonds. The van der Waals surface area contributed by atoms with Crippen LogP contribution in [0.15, 0.2) is 22.1 Å². The number of aliphatic imine (C=N–C) groups is 1. The van der Waals surface area contributed by atoms with Crippen molar-refractivity contribution in [2.24, 2.45) is 4.99 Å². The molecule has 0 spiro atoms. The predicted octanol–water partition coefficient (Wildman–Crippen LogP) is 7.04. The molecule has 1 aromatic heterocycles. The average Bonchev–Trinajstić information content (AvgIpc) is 3.33. The van der Waals surface area contributed by atoms with E-state index in [1.165, 1.54) is 89.3 Å². The summed E-state index contributed by atoms with van der Waals surface area (Å²) in [6.45, 7) is 7.65. The van der Waals surface area contributed by atoms with Crippen LogP contribution in [0.25, 0.3) is 0 Å². The topological polar surface area (TPSA) is 156 Å². The SMILES string of the molecule is CCCCCCCCCCCCCCCCCCOP(=O)(O)OC[C@H]1O[C@@H](n2ccc(N=CN(CCC)CCC)nc2=O)C(O)[C@H]1O. The van der Waals surface area contributed by atoms with E-state index in [1.807, 2.05) is 4.90 Å². The summed E-state index contributed by atoms with van der Waals surface area (Å²) in [5.41, 5.74) is -0.718. The first kappa shape index (κ1) is 41.5. The number of hydrogen-bond acceptors (Lipinski definition) is 9. The molecule has 2 rings (SSSR count). The van der Waals surface area contributed by atoms with Gasteiger partial charge in [-0.25, -0.2) is 14.4 Å². The molecule has 0 aliphatic carbocycles. The lowest BCUT2D eigenvalue weighted by atomic mass is 10.0. The van der Waals surface area contributed by atoms with E-state index in [9.17, 15) is 24.5 Å². The average molecular weight is 687 g/mol. The zero-order valence-electron chi connectivity index (χ0n) is 29.2. The zero-order valence-corrected chi connectivity index (χ0v) is 30.1. The fraction of sp³-hybridized carbons (Fsp3) is 0.853. The minimum absolute atomic E-state index is 0.0795. The van der Waals surface area contributed by atoms with Gasteiger partial charge in [-0.2, -0.15) is 4.98 Å². The Morgan fingerprint density at radius 3 is 1.89 bits per heavy atom. The van der Waals surface area contributed by atoms with Gasteiger partial charge in [0.15, 0.2) is 12.0 Å². The van der Waals surface area contributed by atoms with E-state index in [0.29, 0.717) is 6.42 Å². The molecule has 0 radical (unpaired) electrons. The molecule has 0 bridgehead atoms. The fourth-order valence-electron chi connectivity index (χ4n) is 5.74. The summed E-state index contributed by atoms with van der Waals surface area (Å²) in [6, 6.07) is 1.51. The molecular formula is C34H63N4O8P. The Kier molecular flexibility index (Phi) is 21.6. The van der Waals surface area contributed by atoms with Crippen molar-refractivity contribution in [2.75, 3.05) is 26.3 Å². The van der Waals surface area contributed by atoms with Crippen molar-refractivity contribution in [3.05, 3.63) is 22.7 Å². The van der Waals surface area contributed by atoms with Gasteiger partial charge in [0.1, 0.15) is 18.3 Å². The maximum Gasteiger partial charge on any atom is 0.472 e. The summed E-state index contributed by atoms with van der Waals surface area (Å²) in [7, 11) is -4.39. The van der Waals surface area contributed by atoms with Crippen molar-refractivity contribution in [3.8, 4) is 0 Å². The van der Waals surface area contributed by atoms with Crippen molar-refractivity contribution in [1.29, 1.82) is 0 Å². The first-order valence-corrected chi connectivity index (χ1v) is 19.7. The summed E-state index contributed by atoms with van der Waals surface area (Å²) in [5, 5.41) is 21.0. The molecule has 1 saturated heterocycles. The minimum Gasteiger partial charge on any atom is -0.387 e. The number of unbranched alkanes of at least 4 members (excludes halogenated alkanes) is 15. The van der Waals surface area contributed by atoms with Crippen molar-refractivity contribution in [1.82, 2.24) is 14.5 Å². The van der Waals surface area contributed by atoms with Crippen LogP contribution in [0.4, 0.5) is 5.82 Å². The Morgan fingerprint density at radius 2 is 1.38 bits per heavy atom. The molecule has 5 atom stereocenters. The van der Waals surface area contributed by atoms with Crippen molar-refractivity contribution < 1.29 is 33.5 Å². The maximum atomic E-state index is 12.7. The van der Waals surface area contributed by atoms with Crippen LogP contribution in [0.2, 0.25) is 0 Å². The predicted molar refractivity (Wildman–Crippen MR) is 186 cm³/mol. The number of nitrogens with zero attached hydrogens (tertiary/aromatic N) is 4. The monoisotopic (exact) mass is 686 g/mol. The van der Waals surface area contributed by atoms with Crippen LogP contribution >= 0.6 is 7.82 Å². The van der Waals surface area contributed by atoms with E-state index in [1.54, 1.807) is 6.34 Å². The third-order valence-electron chi connectivity index (χ3n) is 8.46. The number of ether oxygens (including phenoxy) is 1. The summed E-state index contributed by atoms with van der Waals surface area (Å²) in [4.78, 5) is 33.1. The number of phosphoric ester groups is 1. The van der Waals surface area contributed by atoms with Gasteiger partial charge in [0.2, 0.25) is 0 Å². The van der Waals surface area contributed by atoms with Gasteiger partial charge in [0.25, 0.3) is 0 Å². The summed E-state index contributed by atoms with van der Waals surface area (Å²) < 4.78 is 29.2. The Bertz CT molecular complexity index is 1080. The third kappa shape index (κ3) is 17.0. The van der Waals surface area contributed by atoms with Gasteiger partial charge >= 0.3 is 13.5 Å². The Balaban J connectivity index is 1.61. The molecule has 0 aromatic carbocycles. The maximum absolute atomic E-state index is 12.7. The highest BCUT2D eigenvalue weighted by Gasteiger charge is 2.45. The number of phosphoric acid groups is 1. The van der Waals surface area contributed by atoms with Crippen LogP contribution in [-0.2, 0) is 18.3 Å². The van der Waals surface area contributed by atoms with E-state index in [4.69, 9.17) is 13.8 Å². The largest absolute Gasteiger partial charge is 0.472 e. The summed E-state index contributed by atoms with van der Waals surface area (Å²) >= 11 is 0. The molecule has 3 N–H and O–H groups in total. The normalized spacial score (nSPS) is 21.1. The fourth-order valence-corrected chi connectivity index (χ4v) is 6.51. The van der Waals surface area contributed by atoms with Crippen LogP contribution < -0.4 is 5.69 Å². The van der Waals surface area contributed by atoms with Gasteiger partial charge in [-0.15, -0.1) is 0 Å². The Hall–Kier alpha value is -1.66. The quantitative estimate of drug-likeness (QED) is 0.0362. The lowest BCUT2D eigenvalue weighted by Gasteiger charge is -2.18. The van der Waals surface area contributed by atoms with Crippen molar-refractivity contribution >= 4 is 20.0 Å². The number of aliphatic hydroxyl groups excluding tert-OH is 2. The van der Waals surface area contributed by atoms with Gasteiger partial charge in [-0.1, -0.05) is 117 Å². The molecule has 1 aliphatic heterocycles. The molecule has 272 valence electrons. The molecule has 2 unspecified atom stereocenters. The lowest BCUT2D eigenvalue weighted by molar-refractivity contribution is -0.0551. The number of aliphatic hydroxyl groups is 2. The second-order valence-electron chi connectivity index (χ2n) is 12.7. The van der Waals surface area contributed by atoms with Gasteiger partial charge in [0, 0.05) is 19.3 Å². The van der Waals surface area contributed by atoms with Gasteiger partial charge in [-0.3, -0.25) is 13.6 Å². The lowest BCUT2D eigenvalue weighted by Crippen LogP contribution is -2.36. The zero-order chi connectivity index (χ0) is 34.3. The molecule has 47 heavy (non-hydrogen) atoms.